The molecule has 0 aromatic carbocycles. The van der Waals surface area contributed by atoms with Gasteiger partial charge in [0.05, 0.1) is 0 Å². The minimum Gasteiger partial charge on any atom is -0.462 e. The van der Waals surface area contributed by atoms with Gasteiger partial charge in [-0.2, -0.15) is 13.2 Å². The van der Waals surface area contributed by atoms with Gasteiger partial charge < -0.3 is 14.8 Å². The molecular weight excluding hydrogens is 303 g/mol. The lowest BCUT2D eigenvalue weighted by molar-refractivity contribution is -0.160. The van der Waals surface area contributed by atoms with Crippen LogP contribution in [0.4, 0.5) is 18.0 Å². The maximum absolute atomic E-state index is 11.9. The van der Waals surface area contributed by atoms with Crippen LogP contribution in [0.3, 0.4) is 0 Å². The van der Waals surface area contributed by atoms with Crippen molar-refractivity contribution >= 4 is 12.1 Å². The van der Waals surface area contributed by atoms with Gasteiger partial charge in [-0.15, -0.1) is 6.58 Å². The van der Waals surface area contributed by atoms with E-state index in [1.54, 1.807) is 6.08 Å². The van der Waals surface area contributed by atoms with Gasteiger partial charge in [0.2, 0.25) is 0 Å². The van der Waals surface area contributed by atoms with Crippen molar-refractivity contribution in [3.8, 4) is 0 Å². The van der Waals surface area contributed by atoms with Crippen LogP contribution >= 0.6 is 0 Å². The summed E-state index contributed by atoms with van der Waals surface area (Å²) in [5.41, 5.74) is 0. The highest BCUT2D eigenvalue weighted by Gasteiger charge is 2.30. The second kappa shape index (κ2) is 8.65. The van der Waals surface area contributed by atoms with Crippen LogP contribution in [0.5, 0.6) is 0 Å². The molecule has 8 heteroatoms. The molecule has 1 rings (SSSR count). The molecule has 22 heavy (non-hydrogen) atoms. The first-order valence-corrected chi connectivity index (χ1v) is 7.10. The van der Waals surface area contributed by atoms with E-state index in [0.717, 1.165) is 0 Å². The molecule has 0 aliphatic heterocycles. The van der Waals surface area contributed by atoms with E-state index >= 15 is 0 Å². The lowest BCUT2D eigenvalue weighted by Crippen LogP contribution is -2.40. The summed E-state index contributed by atoms with van der Waals surface area (Å²) in [6.07, 6.45) is -1.17. The number of hydrogen-bond donors (Lipinski definition) is 1. The highest BCUT2D eigenvalue weighted by molar-refractivity contribution is 5.69. The first kappa shape index (κ1) is 18.3. The van der Waals surface area contributed by atoms with E-state index in [4.69, 9.17) is 4.74 Å². The van der Waals surface area contributed by atoms with Crippen molar-refractivity contribution in [2.24, 2.45) is 0 Å². The molecule has 1 amide bonds. The number of halogens is 3. The summed E-state index contributed by atoms with van der Waals surface area (Å²) in [6, 6.07) is -0.260. The van der Waals surface area contributed by atoms with Gasteiger partial charge in [0.25, 0.3) is 0 Å². The van der Waals surface area contributed by atoms with Crippen LogP contribution < -0.4 is 5.32 Å². The number of amides is 1. The van der Waals surface area contributed by atoms with Gasteiger partial charge in [0, 0.05) is 12.5 Å². The molecule has 5 nitrogen and oxygen atoms in total. The molecule has 0 atom stereocenters. The molecule has 0 heterocycles. The number of alkyl halides is 3. The number of alkyl carbamates (subject to hydrolysis) is 1. The predicted molar refractivity (Wildman–Crippen MR) is 72.1 cm³/mol. The fraction of sp³-hybridized carbons (Fsp3) is 0.714. The Bertz CT molecular complexity index is 390. The van der Waals surface area contributed by atoms with Gasteiger partial charge >= 0.3 is 18.2 Å². The number of allylic oxidation sites excluding steroid dienone is 1. The average Bonchev–Trinajstić information content (AvgIpc) is 2.44. The van der Waals surface area contributed by atoms with Crippen LogP contribution in [-0.4, -0.2) is 37.0 Å². The Morgan fingerprint density at radius 1 is 1.23 bits per heavy atom. The molecular formula is C14H20F3NO4. The third-order valence-electron chi connectivity index (χ3n) is 3.21. The third kappa shape index (κ3) is 7.90. The molecule has 0 bridgehead atoms. The van der Waals surface area contributed by atoms with E-state index in [1.165, 1.54) is 0 Å². The molecule has 1 aliphatic carbocycles. The minimum atomic E-state index is -4.53. The zero-order valence-electron chi connectivity index (χ0n) is 12.2. The molecule has 1 N–H and O–H groups in total. The number of esters is 1. The lowest BCUT2D eigenvalue weighted by Gasteiger charge is -2.28. The molecule has 126 valence electrons. The molecule has 0 saturated heterocycles. The van der Waals surface area contributed by atoms with Gasteiger partial charge in [-0.25, -0.2) is 4.79 Å². The van der Waals surface area contributed by atoms with Crippen LogP contribution in [0, 0.1) is 0 Å². The van der Waals surface area contributed by atoms with Crippen LogP contribution in [-0.2, 0) is 14.3 Å². The second-order valence-electron chi connectivity index (χ2n) is 5.13. The normalized spacial score (nSPS) is 21.8. The van der Waals surface area contributed by atoms with Crippen LogP contribution in [0.25, 0.3) is 0 Å². The lowest BCUT2D eigenvalue weighted by atomic mass is 9.93. The van der Waals surface area contributed by atoms with E-state index in [0.29, 0.717) is 32.1 Å². The number of carbonyl (C=O) groups excluding carboxylic acids is 2. The number of hydrogen-bond acceptors (Lipinski definition) is 4. The Morgan fingerprint density at radius 3 is 2.41 bits per heavy atom. The van der Waals surface area contributed by atoms with E-state index < -0.39 is 18.9 Å². The van der Waals surface area contributed by atoms with Gasteiger partial charge in [0.1, 0.15) is 6.10 Å². The molecule has 1 saturated carbocycles. The second-order valence-corrected chi connectivity index (χ2v) is 5.13. The Kier molecular flexibility index (Phi) is 7.20. The molecule has 1 fully saturated rings. The predicted octanol–water partition coefficient (Wildman–Crippen LogP) is 3.10. The monoisotopic (exact) mass is 323 g/mol. The Labute approximate surface area is 126 Å². The molecule has 0 radical (unpaired) electrons. The number of ether oxygens (including phenoxy) is 2. The summed E-state index contributed by atoms with van der Waals surface area (Å²) in [5.74, 6) is -0.291. The number of rotatable bonds is 6. The summed E-state index contributed by atoms with van der Waals surface area (Å²) in [5, 5.41) is 2.38. The highest BCUT2D eigenvalue weighted by atomic mass is 19.4. The van der Waals surface area contributed by atoms with Gasteiger partial charge in [-0.3, -0.25) is 4.79 Å². The molecule has 0 unspecified atom stereocenters. The van der Waals surface area contributed by atoms with Crippen molar-refractivity contribution in [2.45, 2.75) is 56.8 Å². The van der Waals surface area contributed by atoms with Crippen molar-refractivity contribution < 1.29 is 32.2 Å². The Morgan fingerprint density at radius 2 is 1.86 bits per heavy atom. The van der Waals surface area contributed by atoms with Crippen molar-refractivity contribution in [3.63, 3.8) is 0 Å². The van der Waals surface area contributed by atoms with E-state index in [1.807, 2.05) is 0 Å². The topological polar surface area (TPSA) is 64.6 Å². The van der Waals surface area contributed by atoms with E-state index in [9.17, 15) is 22.8 Å². The third-order valence-corrected chi connectivity index (χ3v) is 3.21. The number of carbonyl (C=O) groups is 2. The van der Waals surface area contributed by atoms with E-state index in [2.05, 4.69) is 16.6 Å². The average molecular weight is 323 g/mol. The number of nitrogens with one attached hydrogen (secondary N) is 1. The van der Waals surface area contributed by atoms with Crippen LogP contribution in [0.15, 0.2) is 12.7 Å². The first-order chi connectivity index (χ1) is 10.3. The molecule has 0 spiro atoms. The van der Waals surface area contributed by atoms with Crippen molar-refractivity contribution in [2.75, 3.05) is 6.61 Å². The van der Waals surface area contributed by atoms with E-state index in [-0.39, 0.29) is 24.5 Å². The van der Waals surface area contributed by atoms with Crippen LogP contribution in [0.2, 0.25) is 0 Å². The summed E-state index contributed by atoms with van der Waals surface area (Å²) in [6.45, 7) is 1.91. The molecule has 0 aromatic heterocycles. The zero-order chi connectivity index (χ0) is 16.6. The minimum absolute atomic E-state index is 0.207. The maximum atomic E-state index is 11.9. The highest BCUT2D eigenvalue weighted by Crippen LogP contribution is 2.22. The standard InChI is InChI=1S/C14H20F3NO4/c1-2-3-4-12(19)22-11-7-5-10(6-8-11)18-13(20)21-9-14(15,16)17/h2,10-11H,1,3-9H2,(H,18,20). The zero-order valence-corrected chi connectivity index (χ0v) is 12.2. The van der Waals surface area contributed by atoms with Crippen molar-refractivity contribution in [3.05, 3.63) is 12.7 Å². The fourth-order valence-corrected chi connectivity index (χ4v) is 2.15. The molecule has 0 aromatic rings. The Balaban J connectivity index is 2.20. The first-order valence-electron chi connectivity index (χ1n) is 7.10. The summed E-state index contributed by atoms with van der Waals surface area (Å²) in [4.78, 5) is 22.6. The van der Waals surface area contributed by atoms with Crippen molar-refractivity contribution in [1.29, 1.82) is 0 Å². The largest absolute Gasteiger partial charge is 0.462 e. The van der Waals surface area contributed by atoms with Gasteiger partial charge in [-0.1, -0.05) is 6.08 Å². The fourth-order valence-electron chi connectivity index (χ4n) is 2.15. The smallest absolute Gasteiger partial charge is 0.422 e. The quantitative estimate of drug-likeness (QED) is 0.602. The SMILES string of the molecule is C=CCCC(=O)OC1CCC(NC(=O)OCC(F)(F)F)CC1. The maximum Gasteiger partial charge on any atom is 0.422 e. The summed E-state index contributed by atoms with van der Waals surface area (Å²) >= 11 is 0. The van der Waals surface area contributed by atoms with Crippen molar-refractivity contribution in [1.82, 2.24) is 5.32 Å². The molecule has 1 aliphatic rings. The summed E-state index contributed by atoms with van der Waals surface area (Å²) < 4.78 is 45.0. The van der Waals surface area contributed by atoms with Gasteiger partial charge in [0.15, 0.2) is 6.61 Å². The van der Waals surface area contributed by atoms with Gasteiger partial charge in [-0.05, 0) is 32.1 Å². The van der Waals surface area contributed by atoms with Crippen LogP contribution in [0.1, 0.15) is 38.5 Å². The summed E-state index contributed by atoms with van der Waals surface area (Å²) in [7, 11) is 0. The Hall–Kier alpha value is -1.73.